The van der Waals surface area contributed by atoms with Gasteiger partial charge in [0.2, 0.25) is 0 Å². The Hall–Kier alpha value is -2.49. The molecule has 10 heteroatoms. The van der Waals surface area contributed by atoms with E-state index < -0.39 is 35.9 Å². The van der Waals surface area contributed by atoms with Crippen LogP contribution in [0.3, 0.4) is 0 Å². The number of hydrogen-bond donors (Lipinski definition) is 1. The van der Waals surface area contributed by atoms with Gasteiger partial charge in [0.15, 0.2) is 0 Å². The zero-order valence-electron chi connectivity index (χ0n) is 21.2. The van der Waals surface area contributed by atoms with Crippen molar-refractivity contribution < 1.29 is 41.0 Å². The quantitative estimate of drug-likeness (QED) is 0.363. The fourth-order valence-corrected chi connectivity index (χ4v) is 5.94. The van der Waals surface area contributed by atoms with Gasteiger partial charge in [-0.3, -0.25) is 4.79 Å². The third kappa shape index (κ3) is 6.93. The molecule has 4 nitrogen and oxygen atoms in total. The molecule has 0 radical (unpaired) electrons. The van der Waals surface area contributed by atoms with Crippen LogP contribution in [0.4, 0.5) is 26.3 Å². The van der Waals surface area contributed by atoms with Crippen LogP contribution in [0.15, 0.2) is 30.3 Å². The number of benzene rings is 2. The van der Waals surface area contributed by atoms with Gasteiger partial charge in [-0.15, -0.1) is 0 Å². The molecule has 0 bridgehead atoms. The lowest BCUT2D eigenvalue weighted by Gasteiger charge is -2.31. The summed E-state index contributed by atoms with van der Waals surface area (Å²) in [6, 6.07) is 7.66. The molecule has 2 aromatic carbocycles. The van der Waals surface area contributed by atoms with Crippen molar-refractivity contribution in [1.29, 1.82) is 0 Å². The first-order valence-electron chi connectivity index (χ1n) is 13.1. The summed E-state index contributed by atoms with van der Waals surface area (Å²) in [5.74, 6) is -2.41. The molecule has 1 N–H and O–H groups in total. The molecule has 2 aliphatic rings. The van der Waals surface area contributed by atoms with E-state index in [0.29, 0.717) is 30.7 Å². The number of fused-ring (bicyclic) bond motifs is 1. The van der Waals surface area contributed by atoms with E-state index in [4.69, 9.17) is 9.84 Å². The molecule has 0 aromatic heterocycles. The number of aliphatic carboxylic acids is 1. The SMILES string of the molecule is CN(Cc1ccc2c(C(F)(F)F)c(OC3CCC(C(F)(F)F)CC3)ccc2c1)CC1CCC(C(=O)O)CC1. The average molecular weight is 546 g/mol. The zero-order chi connectivity index (χ0) is 27.7. The van der Waals surface area contributed by atoms with E-state index in [-0.39, 0.29) is 42.7 Å². The Balaban J connectivity index is 1.44. The molecule has 2 aromatic rings. The van der Waals surface area contributed by atoms with E-state index in [0.717, 1.165) is 24.9 Å². The number of nitrogens with zero attached hydrogens (tertiary/aromatic N) is 1. The minimum atomic E-state index is -4.69. The smallest absolute Gasteiger partial charge is 0.420 e. The molecule has 0 spiro atoms. The first kappa shape index (κ1) is 28.5. The molecular formula is C28H33F6NO3. The zero-order valence-corrected chi connectivity index (χ0v) is 21.2. The third-order valence-electron chi connectivity index (χ3n) is 7.98. The van der Waals surface area contributed by atoms with Gasteiger partial charge in [0.05, 0.1) is 17.9 Å². The first-order valence-corrected chi connectivity index (χ1v) is 13.1. The molecular weight excluding hydrogens is 512 g/mol. The average Bonchev–Trinajstić information content (AvgIpc) is 2.83. The van der Waals surface area contributed by atoms with Crippen molar-refractivity contribution in [3.63, 3.8) is 0 Å². The van der Waals surface area contributed by atoms with Gasteiger partial charge < -0.3 is 14.7 Å². The monoisotopic (exact) mass is 545 g/mol. The van der Waals surface area contributed by atoms with E-state index in [1.165, 1.54) is 12.1 Å². The molecule has 2 fully saturated rings. The number of ether oxygens (including phenoxy) is 1. The molecule has 2 aliphatic carbocycles. The van der Waals surface area contributed by atoms with Gasteiger partial charge >= 0.3 is 18.3 Å². The van der Waals surface area contributed by atoms with Gasteiger partial charge in [-0.25, -0.2) is 0 Å². The fraction of sp³-hybridized carbons (Fsp3) is 0.607. The summed E-state index contributed by atoms with van der Waals surface area (Å²) in [4.78, 5) is 13.3. The lowest BCUT2D eigenvalue weighted by molar-refractivity contribution is -0.185. The molecule has 210 valence electrons. The Bertz CT molecular complexity index is 1120. The highest BCUT2D eigenvalue weighted by Gasteiger charge is 2.42. The summed E-state index contributed by atoms with van der Waals surface area (Å²) in [5.41, 5.74) is -0.0467. The highest BCUT2D eigenvalue weighted by atomic mass is 19.4. The second-order valence-electron chi connectivity index (χ2n) is 10.9. The van der Waals surface area contributed by atoms with Crippen molar-refractivity contribution in [3.05, 3.63) is 41.5 Å². The second-order valence-corrected chi connectivity index (χ2v) is 10.9. The maximum absolute atomic E-state index is 14.1. The fourth-order valence-electron chi connectivity index (χ4n) is 5.94. The van der Waals surface area contributed by atoms with Crippen molar-refractivity contribution in [3.8, 4) is 5.75 Å². The van der Waals surface area contributed by atoms with Crippen LogP contribution in [0.25, 0.3) is 10.8 Å². The van der Waals surface area contributed by atoms with Crippen LogP contribution >= 0.6 is 0 Å². The Labute approximate surface area is 217 Å². The van der Waals surface area contributed by atoms with E-state index >= 15 is 0 Å². The Morgan fingerprint density at radius 3 is 2.18 bits per heavy atom. The van der Waals surface area contributed by atoms with Crippen LogP contribution in [-0.4, -0.2) is 41.8 Å². The van der Waals surface area contributed by atoms with Crippen molar-refractivity contribution in [1.82, 2.24) is 4.90 Å². The predicted octanol–water partition coefficient (Wildman–Crippen LogP) is 7.68. The van der Waals surface area contributed by atoms with E-state index in [1.807, 2.05) is 7.05 Å². The van der Waals surface area contributed by atoms with Crippen LogP contribution in [0, 0.1) is 17.8 Å². The highest BCUT2D eigenvalue weighted by molar-refractivity contribution is 5.89. The summed E-state index contributed by atoms with van der Waals surface area (Å²) in [5, 5.41) is 9.58. The van der Waals surface area contributed by atoms with Gasteiger partial charge in [0, 0.05) is 13.1 Å². The van der Waals surface area contributed by atoms with Gasteiger partial charge in [0.25, 0.3) is 0 Å². The van der Waals surface area contributed by atoms with Crippen LogP contribution in [0.1, 0.15) is 62.5 Å². The number of carboxylic acid groups (broad SMARTS) is 1. The van der Waals surface area contributed by atoms with Crippen LogP contribution in [0.5, 0.6) is 5.75 Å². The standard InChI is InChI=1S/C28H33F6NO3/c1-35(15-17-2-5-19(6-3-17)26(36)37)16-18-4-12-23-20(14-18)7-13-24(25(23)28(32,33)34)38-22-10-8-21(9-11-22)27(29,30)31/h4,7,12-14,17,19,21-22H,2-3,5-6,8-11,15-16H2,1H3,(H,36,37). The van der Waals surface area contributed by atoms with Crippen LogP contribution in [-0.2, 0) is 17.5 Å². The van der Waals surface area contributed by atoms with Crippen LogP contribution in [0.2, 0.25) is 0 Å². The first-order chi connectivity index (χ1) is 17.8. The Kier molecular flexibility index (Phi) is 8.49. The molecule has 0 saturated heterocycles. The highest BCUT2D eigenvalue weighted by Crippen LogP contribution is 2.44. The normalized spacial score (nSPS) is 25.1. The number of alkyl halides is 6. The van der Waals surface area contributed by atoms with Gasteiger partial charge in [0.1, 0.15) is 11.3 Å². The van der Waals surface area contributed by atoms with E-state index in [9.17, 15) is 31.1 Å². The molecule has 0 atom stereocenters. The number of halogens is 6. The van der Waals surface area contributed by atoms with Crippen molar-refractivity contribution in [2.45, 2.75) is 76.4 Å². The van der Waals surface area contributed by atoms with Gasteiger partial charge in [-0.1, -0.05) is 18.2 Å². The molecule has 4 rings (SSSR count). The number of rotatable bonds is 7. The third-order valence-corrected chi connectivity index (χ3v) is 7.98. The summed E-state index contributed by atoms with van der Waals surface area (Å²) in [6.07, 6.45) is -6.85. The number of hydrogen-bond acceptors (Lipinski definition) is 3. The molecule has 0 heterocycles. The van der Waals surface area contributed by atoms with E-state index in [2.05, 4.69) is 4.90 Å². The Morgan fingerprint density at radius 1 is 0.947 bits per heavy atom. The summed E-state index contributed by atoms with van der Waals surface area (Å²) < 4.78 is 86.9. The van der Waals surface area contributed by atoms with E-state index in [1.54, 1.807) is 18.2 Å². The molecule has 2 saturated carbocycles. The summed E-state index contributed by atoms with van der Waals surface area (Å²) in [7, 11) is 1.94. The lowest BCUT2D eigenvalue weighted by Crippen LogP contribution is -2.32. The number of carbonyl (C=O) groups is 1. The van der Waals surface area contributed by atoms with Crippen molar-refractivity contribution >= 4 is 16.7 Å². The molecule has 38 heavy (non-hydrogen) atoms. The lowest BCUT2D eigenvalue weighted by atomic mass is 9.82. The van der Waals surface area contributed by atoms with Gasteiger partial charge in [-0.05, 0) is 92.8 Å². The topological polar surface area (TPSA) is 49.8 Å². The predicted molar refractivity (Wildman–Crippen MR) is 131 cm³/mol. The second kappa shape index (κ2) is 11.3. The minimum absolute atomic E-state index is 0.00243. The van der Waals surface area contributed by atoms with Gasteiger partial charge in [-0.2, -0.15) is 26.3 Å². The molecule has 0 aliphatic heterocycles. The Morgan fingerprint density at radius 2 is 1.61 bits per heavy atom. The largest absolute Gasteiger partial charge is 0.490 e. The number of carboxylic acids is 1. The molecule has 0 amide bonds. The summed E-state index contributed by atoms with van der Waals surface area (Å²) in [6.45, 7) is 1.32. The van der Waals surface area contributed by atoms with Crippen LogP contribution < -0.4 is 4.74 Å². The maximum Gasteiger partial charge on any atom is 0.420 e. The summed E-state index contributed by atoms with van der Waals surface area (Å²) >= 11 is 0. The maximum atomic E-state index is 14.1. The minimum Gasteiger partial charge on any atom is -0.490 e. The van der Waals surface area contributed by atoms with Crippen molar-refractivity contribution in [2.24, 2.45) is 17.8 Å². The van der Waals surface area contributed by atoms with Crippen molar-refractivity contribution in [2.75, 3.05) is 13.6 Å². The molecule has 0 unspecified atom stereocenters.